The number of furan rings is 1. The smallest absolute Gasteiger partial charge is 0.291 e. The first kappa shape index (κ1) is 16.6. The molecule has 2 N–H and O–H groups in total. The minimum Gasteiger partial charge on any atom is -0.497 e. The van der Waals surface area contributed by atoms with Gasteiger partial charge in [-0.2, -0.15) is 0 Å². The lowest BCUT2D eigenvalue weighted by Crippen LogP contribution is -2.18. The van der Waals surface area contributed by atoms with Crippen molar-refractivity contribution in [1.82, 2.24) is 5.32 Å². The summed E-state index contributed by atoms with van der Waals surface area (Å²) >= 11 is 0. The molecule has 0 bridgehead atoms. The first-order valence-electron chi connectivity index (χ1n) is 7.74. The van der Waals surface area contributed by atoms with E-state index in [1.54, 1.807) is 50.6 Å². The van der Waals surface area contributed by atoms with E-state index in [1.165, 1.54) is 0 Å². The van der Waals surface area contributed by atoms with E-state index in [-0.39, 0.29) is 17.6 Å². The number of ether oxygens (including phenoxy) is 1. The van der Waals surface area contributed by atoms with Gasteiger partial charge in [-0.15, -0.1) is 0 Å². The summed E-state index contributed by atoms with van der Waals surface area (Å²) in [4.78, 5) is 24.3. The van der Waals surface area contributed by atoms with Crippen LogP contribution in [0, 0.1) is 6.92 Å². The van der Waals surface area contributed by atoms with Crippen molar-refractivity contribution < 1.29 is 18.7 Å². The number of carbonyl (C=O) groups is 2. The van der Waals surface area contributed by atoms with E-state index in [1.807, 2.05) is 13.0 Å². The van der Waals surface area contributed by atoms with E-state index in [9.17, 15) is 9.59 Å². The Morgan fingerprint density at radius 2 is 1.88 bits per heavy atom. The molecule has 6 nitrogen and oxygen atoms in total. The molecule has 1 heterocycles. The van der Waals surface area contributed by atoms with Crippen LogP contribution in [-0.4, -0.2) is 26.0 Å². The molecule has 3 rings (SSSR count). The summed E-state index contributed by atoms with van der Waals surface area (Å²) in [7, 11) is 3.14. The van der Waals surface area contributed by atoms with Crippen LogP contribution in [0.3, 0.4) is 0 Å². The monoisotopic (exact) mass is 338 g/mol. The quantitative estimate of drug-likeness (QED) is 0.764. The summed E-state index contributed by atoms with van der Waals surface area (Å²) in [6.45, 7) is 1.82. The molecule has 0 fully saturated rings. The fraction of sp³-hybridized carbons (Fsp3) is 0.158. The lowest BCUT2D eigenvalue weighted by Gasteiger charge is -2.06. The Morgan fingerprint density at radius 3 is 2.60 bits per heavy atom. The van der Waals surface area contributed by atoms with E-state index < -0.39 is 0 Å². The average molecular weight is 338 g/mol. The molecule has 2 amide bonds. The van der Waals surface area contributed by atoms with Gasteiger partial charge in [0.05, 0.1) is 7.11 Å². The normalized spacial score (nSPS) is 10.5. The highest BCUT2D eigenvalue weighted by molar-refractivity contribution is 6.07. The zero-order valence-electron chi connectivity index (χ0n) is 14.2. The molecule has 3 aromatic rings. The third kappa shape index (κ3) is 3.19. The summed E-state index contributed by atoms with van der Waals surface area (Å²) in [6.07, 6.45) is 0. The van der Waals surface area contributed by atoms with Gasteiger partial charge in [-0.1, -0.05) is 6.07 Å². The van der Waals surface area contributed by atoms with Crippen molar-refractivity contribution in [2.45, 2.75) is 6.92 Å². The summed E-state index contributed by atoms with van der Waals surface area (Å²) in [5, 5.41) is 6.14. The molecule has 0 aliphatic heterocycles. The van der Waals surface area contributed by atoms with Crippen LogP contribution in [0.4, 0.5) is 5.69 Å². The number of anilines is 1. The number of carbonyl (C=O) groups excluding carboxylic acids is 2. The Hall–Kier alpha value is -3.28. The van der Waals surface area contributed by atoms with Crippen LogP contribution in [0.15, 0.2) is 46.9 Å². The minimum absolute atomic E-state index is 0.219. The Labute approximate surface area is 144 Å². The van der Waals surface area contributed by atoms with Crippen LogP contribution in [0.5, 0.6) is 5.75 Å². The van der Waals surface area contributed by atoms with Crippen molar-refractivity contribution in [3.05, 3.63) is 59.4 Å². The third-order valence-electron chi connectivity index (χ3n) is 3.96. The maximum absolute atomic E-state index is 12.6. The predicted octanol–water partition coefficient (Wildman–Crippen LogP) is 3.36. The molecule has 0 aliphatic carbocycles. The summed E-state index contributed by atoms with van der Waals surface area (Å²) < 4.78 is 10.9. The number of fused-ring (bicyclic) bond motifs is 1. The SMILES string of the molecule is CNC(=O)c1cccc(NC(=O)c2oc3ccc(OC)cc3c2C)c1. The first-order valence-corrected chi connectivity index (χ1v) is 7.74. The molecule has 0 saturated heterocycles. The number of benzene rings is 2. The molecule has 0 unspecified atom stereocenters. The van der Waals surface area contributed by atoms with Crippen molar-refractivity contribution in [2.24, 2.45) is 0 Å². The van der Waals surface area contributed by atoms with Crippen molar-refractivity contribution in [3.63, 3.8) is 0 Å². The van der Waals surface area contributed by atoms with Crippen LogP contribution in [0.1, 0.15) is 26.5 Å². The Balaban J connectivity index is 1.90. The topological polar surface area (TPSA) is 80.6 Å². The second-order valence-corrected chi connectivity index (χ2v) is 5.53. The number of hydrogen-bond acceptors (Lipinski definition) is 4. The van der Waals surface area contributed by atoms with E-state index in [4.69, 9.17) is 9.15 Å². The van der Waals surface area contributed by atoms with E-state index >= 15 is 0 Å². The molecule has 128 valence electrons. The number of nitrogens with one attached hydrogen (secondary N) is 2. The Bertz CT molecular complexity index is 959. The zero-order chi connectivity index (χ0) is 18.0. The van der Waals surface area contributed by atoms with Gasteiger partial charge in [0.1, 0.15) is 11.3 Å². The fourth-order valence-corrected chi connectivity index (χ4v) is 2.61. The van der Waals surface area contributed by atoms with Crippen LogP contribution in [0.2, 0.25) is 0 Å². The third-order valence-corrected chi connectivity index (χ3v) is 3.96. The molecule has 6 heteroatoms. The summed E-state index contributed by atoms with van der Waals surface area (Å²) in [5.41, 5.74) is 2.33. The van der Waals surface area contributed by atoms with Gasteiger partial charge in [-0.25, -0.2) is 0 Å². The van der Waals surface area contributed by atoms with Crippen molar-refractivity contribution in [3.8, 4) is 5.75 Å². The molecule has 0 radical (unpaired) electrons. The number of methoxy groups -OCH3 is 1. The molecule has 0 saturated carbocycles. The van der Waals surface area contributed by atoms with Crippen molar-refractivity contribution in [2.75, 3.05) is 19.5 Å². The predicted molar refractivity (Wildman–Crippen MR) is 95.3 cm³/mol. The van der Waals surface area contributed by atoms with Gasteiger partial charge in [0, 0.05) is 29.2 Å². The van der Waals surface area contributed by atoms with Gasteiger partial charge in [-0.05, 0) is 43.3 Å². The van der Waals surface area contributed by atoms with Gasteiger partial charge in [-0.3, -0.25) is 9.59 Å². The summed E-state index contributed by atoms with van der Waals surface area (Å²) in [5.74, 6) is 0.333. The largest absolute Gasteiger partial charge is 0.497 e. The fourth-order valence-electron chi connectivity index (χ4n) is 2.61. The van der Waals surface area contributed by atoms with E-state index in [0.29, 0.717) is 22.6 Å². The molecule has 0 atom stereocenters. The van der Waals surface area contributed by atoms with Gasteiger partial charge < -0.3 is 19.8 Å². The lowest BCUT2D eigenvalue weighted by atomic mass is 10.1. The highest BCUT2D eigenvalue weighted by Crippen LogP contribution is 2.29. The number of hydrogen-bond donors (Lipinski definition) is 2. The Kier molecular flexibility index (Phi) is 4.43. The second kappa shape index (κ2) is 6.68. The molecule has 1 aromatic heterocycles. The highest BCUT2D eigenvalue weighted by atomic mass is 16.5. The average Bonchev–Trinajstić information content (AvgIpc) is 2.97. The summed E-state index contributed by atoms with van der Waals surface area (Å²) in [6, 6.07) is 12.1. The van der Waals surface area contributed by atoms with Crippen LogP contribution in [0.25, 0.3) is 11.0 Å². The van der Waals surface area contributed by atoms with Gasteiger partial charge in [0.25, 0.3) is 11.8 Å². The number of amides is 2. The van der Waals surface area contributed by atoms with Gasteiger partial charge >= 0.3 is 0 Å². The zero-order valence-corrected chi connectivity index (χ0v) is 14.2. The standard InChI is InChI=1S/C19H18N2O4/c1-11-15-10-14(24-3)7-8-16(15)25-17(11)19(23)21-13-6-4-5-12(9-13)18(22)20-2/h4-10H,1-3H3,(H,20,22)(H,21,23). The van der Waals surface area contributed by atoms with Crippen LogP contribution >= 0.6 is 0 Å². The molecule has 2 aromatic carbocycles. The van der Waals surface area contributed by atoms with Crippen molar-refractivity contribution >= 4 is 28.5 Å². The molecule has 25 heavy (non-hydrogen) atoms. The lowest BCUT2D eigenvalue weighted by molar-refractivity contribution is 0.0960. The number of rotatable bonds is 4. The van der Waals surface area contributed by atoms with E-state index in [0.717, 1.165) is 10.9 Å². The van der Waals surface area contributed by atoms with Gasteiger partial charge in [0.2, 0.25) is 0 Å². The Morgan fingerprint density at radius 1 is 1.08 bits per heavy atom. The van der Waals surface area contributed by atoms with Crippen LogP contribution < -0.4 is 15.4 Å². The first-order chi connectivity index (χ1) is 12.0. The minimum atomic E-state index is -0.373. The highest BCUT2D eigenvalue weighted by Gasteiger charge is 2.18. The molecular formula is C19H18N2O4. The van der Waals surface area contributed by atoms with Gasteiger partial charge in [0.15, 0.2) is 5.76 Å². The maximum Gasteiger partial charge on any atom is 0.291 e. The maximum atomic E-state index is 12.6. The second-order valence-electron chi connectivity index (χ2n) is 5.53. The molecule has 0 aliphatic rings. The molecule has 0 spiro atoms. The number of aryl methyl sites for hydroxylation is 1. The van der Waals surface area contributed by atoms with Crippen molar-refractivity contribution in [1.29, 1.82) is 0 Å². The van der Waals surface area contributed by atoms with Crippen LogP contribution in [-0.2, 0) is 0 Å². The molecular weight excluding hydrogens is 320 g/mol. The van der Waals surface area contributed by atoms with E-state index in [2.05, 4.69) is 10.6 Å².